The van der Waals surface area contributed by atoms with Crippen molar-refractivity contribution in [3.63, 3.8) is 0 Å². The molecular formula is C12H16N2O5S2. The van der Waals surface area contributed by atoms with Crippen molar-refractivity contribution in [1.29, 1.82) is 0 Å². The van der Waals surface area contributed by atoms with Crippen LogP contribution in [0.1, 0.15) is 23.8 Å². The molecule has 2 heterocycles. The van der Waals surface area contributed by atoms with E-state index in [1.165, 1.54) is 11.3 Å². The van der Waals surface area contributed by atoms with Crippen LogP contribution in [0.25, 0.3) is 0 Å². The summed E-state index contributed by atoms with van der Waals surface area (Å²) in [6.07, 6.45) is 0.707. The Morgan fingerprint density at radius 1 is 1.33 bits per heavy atom. The molecule has 3 N–H and O–H groups in total. The van der Waals surface area contributed by atoms with Crippen LogP contribution in [0.2, 0.25) is 0 Å². The largest absolute Gasteiger partial charge is 0.479 e. The Labute approximate surface area is 126 Å². The molecule has 1 unspecified atom stereocenters. The molecule has 1 aromatic rings. The number of rotatable bonds is 4. The van der Waals surface area contributed by atoms with E-state index in [-0.39, 0.29) is 17.5 Å². The van der Waals surface area contributed by atoms with Crippen LogP contribution >= 0.6 is 11.3 Å². The Morgan fingerprint density at radius 2 is 2.00 bits per heavy atom. The van der Waals surface area contributed by atoms with E-state index in [1.54, 1.807) is 17.5 Å². The average molecular weight is 332 g/mol. The summed E-state index contributed by atoms with van der Waals surface area (Å²) in [5, 5.41) is 15.9. The highest BCUT2D eigenvalue weighted by Crippen LogP contribution is 2.19. The fourth-order valence-corrected chi connectivity index (χ4v) is 4.36. The number of sulfone groups is 1. The number of carboxylic acid groups (broad SMARTS) is 1. The standard InChI is InChI=1S/C12H16N2O5S2/c15-11(16)10(9-2-1-5-20-9)14-12(17)13-8-3-6-21(18,19)7-4-8/h1-2,5,8,10H,3-4,6-7H2,(H,15,16)(H2,13,14,17). The van der Waals surface area contributed by atoms with Crippen molar-refractivity contribution < 1.29 is 23.1 Å². The van der Waals surface area contributed by atoms with E-state index in [0.717, 1.165) is 0 Å². The summed E-state index contributed by atoms with van der Waals surface area (Å²) < 4.78 is 22.6. The number of carboxylic acids is 1. The highest BCUT2D eigenvalue weighted by atomic mass is 32.2. The molecular weight excluding hydrogens is 316 g/mol. The molecule has 1 fully saturated rings. The number of amides is 2. The van der Waals surface area contributed by atoms with Crippen molar-refractivity contribution in [1.82, 2.24) is 10.6 Å². The minimum absolute atomic E-state index is 0.0469. The number of carbonyl (C=O) groups is 2. The fourth-order valence-electron chi connectivity index (χ4n) is 2.10. The molecule has 0 spiro atoms. The normalized spacial score (nSPS) is 19.6. The zero-order valence-electron chi connectivity index (χ0n) is 11.1. The number of urea groups is 1. The number of hydrogen-bond donors (Lipinski definition) is 3. The molecule has 1 saturated heterocycles. The van der Waals surface area contributed by atoms with E-state index in [2.05, 4.69) is 10.6 Å². The zero-order chi connectivity index (χ0) is 15.5. The lowest BCUT2D eigenvalue weighted by Gasteiger charge is -2.24. The molecule has 1 aliphatic heterocycles. The average Bonchev–Trinajstić information content (AvgIpc) is 2.92. The Bertz CT molecular complexity index is 598. The SMILES string of the molecule is O=C(NC1CCS(=O)(=O)CC1)NC(C(=O)O)c1cccs1. The van der Waals surface area contributed by atoms with Gasteiger partial charge in [0.15, 0.2) is 6.04 Å². The first-order valence-corrected chi connectivity index (χ1v) is 9.11. The van der Waals surface area contributed by atoms with Crippen LogP contribution in [0.3, 0.4) is 0 Å². The Morgan fingerprint density at radius 3 is 2.52 bits per heavy atom. The molecule has 2 amide bonds. The van der Waals surface area contributed by atoms with Gasteiger partial charge in [0, 0.05) is 10.9 Å². The summed E-state index contributed by atoms with van der Waals surface area (Å²) in [5.41, 5.74) is 0. The molecule has 0 radical (unpaired) electrons. The van der Waals surface area contributed by atoms with Gasteiger partial charge in [-0.05, 0) is 24.3 Å². The second-order valence-corrected chi connectivity index (χ2v) is 8.11. The molecule has 9 heteroatoms. The summed E-state index contributed by atoms with van der Waals surface area (Å²) in [7, 11) is -2.99. The van der Waals surface area contributed by atoms with Gasteiger partial charge in [0.1, 0.15) is 9.84 Å². The van der Waals surface area contributed by atoms with Crippen LogP contribution in [0.4, 0.5) is 4.79 Å². The summed E-state index contributed by atoms with van der Waals surface area (Å²) in [4.78, 5) is 23.6. The van der Waals surface area contributed by atoms with E-state index in [1.807, 2.05) is 0 Å². The molecule has 0 aromatic carbocycles. The van der Waals surface area contributed by atoms with Gasteiger partial charge in [-0.25, -0.2) is 18.0 Å². The van der Waals surface area contributed by atoms with Gasteiger partial charge in [-0.2, -0.15) is 0 Å². The second-order valence-electron chi connectivity index (χ2n) is 4.83. The third-order valence-electron chi connectivity index (χ3n) is 3.24. The van der Waals surface area contributed by atoms with Crippen LogP contribution in [-0.2, 0) is 14.6 Å². The Kier molecular flexibility index (Phi) is 4.84. The van der Waals surface area contributed by atoms with Gasteiger partial charge in [-0.1, -0.05) is 6.07 Å². The molecule has 21 heavy (non-hydrogen) atoms. The number of carbonyl (C=O) groups excluding carboxylic acids is 1. The van der Waals surface area contributed by atoms with E-state index >= 15 is 0 Å². The van der Waals surface area contributed by atoms with Crippen molar-refractivity contribution >= 4 is 33.2 Å². The van der Waals surface area contributed by atoms with Gasteiger partial charge < -0.3 is 15.7 Å². The highest BCUT2D eigenvalue weighted by molar-refractivity contribution is 7.91. The second kappa shape index (κ2) is 6.44. The van der Waals surface area contributed by atoms with E-state index < -0.39 is 27.9 Å². The first-order chi connectivity index (χ1) is 9.87. The van der Waals surface area contributed by atoms with Crippen LogP contribution in [0.15, 0.2) is 17.5 Å². The van der Waals surface area contributed by atoms with E-state index in [4.69, 9.17) is 5.11 Å². The number of aliphatic carboxylic acids is 1. The Balaban J connectivity index is 1.90. The molecule has 1 aromatic heterocycles. The molecule has 0 bridgehead atoms. The maximum atomic E-state index is 11.9. The summed E-state index contributed by atoms with van der Waals surface area (Å²) in [6.45, 7) is 0. The molecule has 0 aliphatic carbocycles. The monoisotopic (exact) mass is 332 g/mol. The summed E-state index contributed by atoms with van der Waals surface area (Å²) in [5.74, 6) is -1.05. The number of thiophene rings is 1. The lowest BCUT2D eigenvalue weighted by atomic mass is 10.1. The van der Waals surface area contributed by atoms with Gasteiger partial charge in [0.05, 0.1) is 11.5 Å². The van der Waals surface area contributed by atoms with E-state index in [0.29, 0.717) is 17.7 Å². The van der Waals surface area contributed by atoms with Crippen LogP contribution in [0.5, 0.6) is 0 Å². The van der Waals surface area contributed by atoms with E-state index in [9.17, 15) is 18.0 Å². The van der Waals surface area contributed by atoms with Gasteiger partial charge in [-0.3, -0.25) is 0 Å². The summed E-state index contributed by atoms with van der Waals surface area (Å²) in [6, 6.07) is 1.40. The maximum Gasteiger partial charge on any atom is 0.331 e. The van der Waals surface area contributed by atoms with Crippen LogP contribution < -0.4 is 10.6 Å². The third kappa shape index (κ3) is 4.43. The molecule has 1 aliphatic rings. The van der Waals surface area contributed by atoms with Crippen LogP contribution in [0, 0.1) is 0 Å². The van der Waals surface area contributed by atoms with Crippen molar-refractivity contribution in [2.45, 2.75) is 24.9 Å². The van der Waals surface area contributed by atoms with Crippen molar-refractivity contribution in [3.05, 3.63) is 22.4 Å². The van der Waals surface area contributed by atoms with Gasteiger partial charge in [0.25, 0.3) is 0 Å². The highest BCUT2D eigenvalue weighted by Gasteiger charge is 2.27. The van der Waals surface area contributed by atoms with Crippen LogP contribution in [-0.4, -0.2) is 43.1 Å². The fraction of sp³-hybridized carbons (Fsp3) is 0.500. The first-order valence-electron chi connectivity index (χ1n) is 6.41. The summed E-state index contributed by atoms with van der Waals surface area (Å²) >= 11 is 1.24. The van der Waals surface area contributed by atoms with Gasteiger partial charge >= 0.3 is 12.0 Å². The quantitative estimate of drug-likeness (QED) is 0.753. The van der Waals surface area contributed by atoms with Crippen molar-refractivity contribution in [2.24, 2.45) is 0 Å². The predicted octanol–water partition coefficient (Wildman–Crippen LogP) is 0.750. The van der Waals surface area contributed by atoms with Crippen molar-refractivity contribution in [2.75, 3.05) is 11.5 Å². The minimum atomic E-state index is -2.99. The number of nitrogens with one attached hydrogen (secondary N) is 2. The first kappa shape index (κ1) is 15.8. The van der Waals surface area contributed by atoms with Gasteiger partial charge in [0.2, 0.25) is 0 Å². The van der Waals surface area contributed by atoms with Gasteiger partial charge in [-0.15, -0.1) is 11.3 Å². The van der Waals surface area contributed by atoms with Crippen molar-refractivity contribution in [3.8, 4) is 0 Å². The molecule has 116 valence electrons. The molecule has 0 saturated carbocycles. The Hall–Kier alpha value is -1.61. The molecule has 7 nitrogen and oxygen atoms in total. The minimum Gasteiger partial charge on any atom is -0.479 e. The predicted molar refractivity (Wildman–Crippen MR) is 78.0 cm³/mol. The lowest BCUT2D eigenvalue weighted by Crippen LogP contribution is -2.47. The smallest absolute Gasteiger partial charge is 0.331 e. The lowest BCUT2D eigenvalue weighted by molar-refractivity contribution is -0.139. The molecule has 1 atom stereocenters. The maximum absolute atomic E-state index is 11.9. The molecule has 2 rings (SSSR count). The number of hydrogen-bond acceptors (Lipinski definition) is 5. The zero-order valence-corrected chi connectivity index (χ0v) is 12.7. The topological polar surface area (TPSA) is 113 Å². The third-order valence-corrected chi connectivity index (χ3v) is 5.89.